The van der Waals surface area contributed by atoms with Crippen molar-refractivity contribution in [2.45, 2.75) is 6.18 Å². The summed E-state index contributed by atoms with van der Waals surface area (Å²) >= 11 is 1.51. The van der Waals surface area contributed by atoms with Crippen LogP contribution in [0, 0.1) is 0 Å². The van der Waals surface area contributed by atoms with Gasteiger partial charge in [-0.2, -0.15) is 18.3 Å². The highest BCUT2D eigenvalue weighted by Crippen LogP contribution is 2.31. The van der Waals surface area contributed by atoms with Crippen LogP contribution in [0.3, 0.4) is 0 Å². The van der Waals surface area contributed by atoms with Gasteiger partial charge in [0.1, 0.15) is 11.4 Å². The summed E-state index contributed by atoms with van der Waals surface area (Å²) in [6.45, 7) is -0.586. The van der Waals surface area contributed by atoms with Crippen molar-refractivity contribution in [3.8, 4) is 22.0 Å². The normalized spacial score (nSPS) is 11.4. The van der Waals surface area contributed by atoms with Gasteiger partial charge in [0.2, 0.25) is 0 Å². The van der Waals surface area contributed by atoms with Gasteiger partial charge in [0.15, 0.2) is 6.61 Å². The fourth-order valence-electron chi connectivity index (χ4n) is 3.11. The lowest BCUT2D eigenvalue weighted by atomic mass is 10.2. The van der Waals surface area contributed by atoms with Gasteiger partial charge >= 0.3 is 6.18 Å². The van der Waals surface area contributed by atoms with E-state index in [-0.39, 0.29) is 5.75 Å². The number of benzene rings is 2. The Balaban J connectivity index is 1.35. The van der Waals surface area contributed by atoms with E-state index in [1.54, 1.807) is 17.0 Å². The van der Waals surface area contributed by atoms with Gasteiger partial charge in [0.25, 0.3) is 11.8 Å². The monoisotopic (exact) mass is 512 g/mol. The smallest absolute Gasteiger partial charge is 0.416 e. The Hall–Kier alpha value is -4.38. The van der Waals surface area contributed by atoms with Gasteiger partial charge in [-0.15, -0.1) is 11.3 Å². The fourth-order valence-corrected chi connectivity index (χ4v) is 3.84. The number of halogens is 3. The first-order valence-corrected chi connectivity index (χ1v) is 11.4. The quantitative estimate of drug-likeness (QED) is 0.274. The molecule has 0 aliphatic carbocycles. The molecule has 0 saturated carbocycles. The van der Waals surface area contributed by atoms with Crippen LogP contribution in [-0.4, -0.2) is 28.2 Å². The summed E-state index contributed by atoms with van der Waals surface area (Å²) in [5.41, 5.74) is 5.70. The molecule has 11 heteroatoms. The summed E-state index contributed by atoms with van der Waals surface area (Å²) in [4.78, 5) is 25.1. The summed E-state index contributed by atoms with van der Waals surface area (Å²) in [6, 6.07) is 17.5. The molecule has 0 bridgehead atoms. The summed E-state index contributed by atoms with van der Waals surface area (Å²) in [5, 5.41) is 6.56. The number of aromatic nitrogens is 2. The molecule has 0 saturated heterocycles. The van der Waals surface area contributed by atoms with Crippen molar-refractivity contribution in [1.29, 1.82) is 0 Å². The summed E-state index contributed by atoms with van der Waals surface area (Å²) in [6.07, 6.45) is 0.0675. The van der Waals surface area contributed by atoms with E-state index in [0.29, 0.717) is 11.3 Å². The number of hydrogen-bond acceptors (Lipinski definition) is 5. The number of thiophene rings is 1. The van der Waals surface area contributed by atoms with E-state index in [4.69, 9.17) is 4.74 Å². The fraction of sp³-hybridized carbons (Fsp3) is 0.0800. The molecule has 2 aromatic heterocycles. The van der Waals surface area contributed by atoms with Crippen LogP contribution in [-0.2, 0) is 15.8 Å². The first-order chi connectivity index (χ1) is 17.3. The molecule has 4 rings (SSSR count). The van der Waals surface area contributed by atoms with E-state index < -0.39 is 30.2 Å². The Bertz CT molecular complexity index is 1370. The molecule has 2 N–H and O–H groups in total. The molecule has 36 heavy (non-hydrogen) atoms. The van der Waals surface area contributed by atoms with Crippen LogP contribution in [0.4, 0.5) is 13.2 Å². The maximum absolute atomic E-state index is 12.8. The van der Waals surface area contributed by atoms with Crippen molar-refractivity contribution >= 4 is 29.2 Å². The maximum Gasteiger partial charge on any atom is 0.416 e. The van der Waals surface area contributed by atoms with Crippen LogP contribution < -0.4 is 15.6 Å². The summed E-state index contributed by atoms with van der Waals surface area (Å²) in [5.74, 6) is -1.49. The standard InChI is InChI=1S/C25H19F3N4O3S/c26-25(27,28)18-6-4-9-20(14-18)35-16-23(34)30-29-22(33)12-11-17-15-32(19-7-2-1-3-8-19)31-24(17)21-10-5-13-36-21/h1-15H,16H2,(H,29,33)(H,30,34)/b12-11+. The Morgan fingerprint density at radius 2 is 1.83 bits per heavy atom. The number of rotatable bonds is 7. The highest BCUT2D eigenvalue weighted by Gasteiger charge is 2.30. The number of amides is 2. The van der Waals surface area contributed by atoms with E-state index >= 15 is 0 Å². The number of hydrazine groups is 1. The first-order valence-electron chi connectivity index (χ1n) is 10.6. The van der Waals surface area contributed by atoms with Crippen molar-refractivity contribution < 1.29 is 27.5 Å². The molecule has 0 atom stereocenters. The third-order valence-electron chi connectivity index (χ3n) is 4.79. The molecule has 0 unspecified atom stereocenters. The number of ether oxygens (including phenoxy) is 1. The molecule has 184 valence electrons. The van der Waals surface area contributed by atoms with E-state index in [0.717, 1.165) is 22.7 Å². The highest BCUT2D eigenvalue weighted by atomic mass is 32.1. The SMILES string of the molecule is O=C(/C=C/c1cn(-c2ccccc2)nc1-c1cccs1)NNC(=O)COc1cccc(C(F)(F)F)c1. The number of nitrogens with zero attached hydrogens (tertiary/aromatic N) is 2. The molecule has 0 aliphatic heterocycles. The van der Waals surface area contributed by atoms with Crippen LogP contribution in [0.15, 0.2) is 84.4 Å². The minimum Gasteiger partial charge on any atom is -0.484 e. The molecule has 4 aromatic rings. The number of para-hydroxylation sites is 1. The number of nitrogens with one attached hydrogen (secondary N) is 2. The van der Waals surface area contributed by atoms with Crippen LogP contribution >= 0.6 is 11.3 Å². The number of alkyl halides is 3. The largest absolute Gasteiger partial charge is 0.484 e. The van der Waals surface area contributed by atoms with Crippen LogP contribution in [0.1, 0.15) is 11.1 Å². The van der Waals surface area contributed by atoms with E-state index in [2.05, 4.69) is 16.0 Å². The number of hydrogen-bond donors (Lipinski definition) is 2. The zero-order valence-electron chi connectivity index (χ0n) is 18.5. The van der Waals surface area contributed by atoms with Gasteiger partial charge in [0.05, 0.1) is 16.1 Å². The second-order valence-electron chi connectivity index (χ2n) is 7.38. The van der Waals surface area contributed by atoms with E-state index in [9.17, 15) is 22.8 Å². The van der Waals surface area contributed by atoms with Crippen molar-refractivity contribution in [3.63, 3.8) is 0 Å². The molecule has 0 aliphatic rings. The Morgan fingerprint density at radius 1 is 1.03 bits per heavy atom. The predicted molar refractivity (Wildman–Crippen MR) is 129 cm³/mol. The Kier molecular flexibility index (Phi) is 7.50. The molecule has 0 radical (unpaired) electrons. The molecule has 2 amide bonds. The molecule has 2 aromatic carbocycles. The van der Waals surface area contributed by atoms with Gasteiger partial charge in [0, 0.05) is 17.8 Å². The maximum atomic E-state index is 12.8. The van der Waals surface area contributed by atoms with Gasteiger partial charge in [-0.1, -0.05) is 30.3 Å². The second-order valence-corrected chi connectivity index (χ2v) is 8.32. The van der Waals surface area contributed by atoms with Gasteiger partial charge in [-0.25, -0.2) is 4.68 Å². The lowest BCUT2D eigenvalue weighted by Crippen LogP contribution is -2.43. The van der Waals surface area contributed by atoms with Gasteiger partial charge < -0.3 is 4.74 Å². The Labute approximate surface area is 207 Å². The lowest BCUT2D eigenvalue weighted by molar-refractivity contribution is -0.137. The molecule has 0 spiro atoms. The van der Waals surface area contributed by atoms with Gasteiger partial charge in [-0.05, 0) is 47.9 Å². The van der Waals surface area contributed by atoms with Gasteiger partial charge in [-0.3, -0.25) is 20.4 Å². The topological polar surface area (TPSA) is 85.3 Å². The first kappa shape index (κ1) is 24.7. The molecule has 7 nitrogen and oxygen atoms in total. The van der Waals surface area contributed by atoms with Crippen molar-refractivity contribution in [2.75, 3.05) is 6.61 Å². The lowest BCUT2D eigenvalue weighted by Gasteiger charge is -2.10. The zero-order chi connectivity index (χ0) is 25.5. The average Bonchev–Trinajstić information content (AvgIpc) is 3.55. The summed E-state index contributed by atoms with van der Waals surface area (Å²) in [7, 11) is 0. The highest BCUT2D eigenvalue weighted by molar-refractivity contribution is 7.13. The van der Waals surface area contributed by atoms with E-state index in [1.807, 2.05) is 47.8 Å². The minimum atomic E-state index is -4.52. The number of carbonyl (C=O) groups excluding carboxylic acids is 2. The molecular weight excluding hydrogens is 493 g/mol. The average molecular weight is 513 g/mol. The Morgan fingerprint density at radius 3 is 2.56 bits per heavy atom. The second kappa shape index (κ2) is 10.9. The third kappa shape index (κ3) is 6.39. The predicted octanol–water partition coefficient (Wildman–Crippen LogP) is 4.86. The van der Waals surface area contributed by atoms with Crippen molar-refractivity contribution in [2.24, 2.45) is 0 Å². The molecule has 2 heterocycles. The van der Waals surface area contributed by atoms with Crippen LogP contribution in [0.25, 0.3) is 22.3 Å². The molecule has 0 fully saturated rings. The summed E-state index contributed by atoms with van der Waals surface area (Å²) < 4.78 is 45.1. The van der Waals surface area contributed by atoms with E-state index in [1.165, 1.54) is 29.5 Å². The zero-order valence-corrected chi connectivity index (χ0v) is 19.3. The minimum absolute atomic E-state index is 0.122. The third-order valence-corrected chi connectivity index (χ3v) is 5.67. The van der Waals surface area contributed by atoms with Crippen molar-refractivity contribution in [3.05, 3.63) is 95.5 Å². The van der Waals surface area contributed by atoms with Crippen LogP contribution in [0.5, 0.6) is 5.75 Å². The number of carbonyl (C=O) groups is 2. The van der Waals surface area contributed by atoms with Crippen LogP contribution in [0.2, 0.25) is 0 Å². The van der Waals surface area contributed by atoms with Crippen molar-refractivity contribution in [1.82, 2.24) is 20.6 Å². The molecular formula is C25H19F3N4O3S.